The van der Waals surface area contributed by atoms with Gasteiger partial charge in [-0.05, 0) is 24.3 Å². The number of nitrogens with one attached hydrogen (secondary N) is 2. The van der Waals surface area contributed by atoms with Crippen molar-refractivity contribution in [2.45, 2.75) is 0 Å². The van der Waals surface area contributed by atoms with Gasteiger partial charge < -0.3 is 20.1 Å². The number of hydrogen-bond donors (Lipinski definition) is 2. The van der Waals surface area contributed by atoms with E-state index >= 15 is 0 Å². The molecule has 0 atom stereocenters. The summed E-state index contributed by atoms with van der Waals surface area (Å²) in [6.45, 7) is 0.987. The van der Waals surface area contributed by atoms with E-state index in [0.717, 1.165) is 0 Å². The van der Waals surface area contributed by atoms with Crippen LogP contribution in [-0.4, -0.2) is 48.2 Å². The minimum Gasteiger partial charge on any atom is -0.460 e. The maximum atomic E-state index is 11.8. The van der Waals surface area contributed by atoms with Crippen LogP contribution < -0.4 is 10.6 Å². The van der Waals surface area contributed by atoms with Crippen LogP contribution in [0.2, 0.25) is 0 Å². The summed E-state index contributed by atoms with van der Waals surface area (Å²) in [5.41, 5.74) is 0.986. The van der Waals surface area contributed by atoms with Gasteiger partial charge in [-0.25, -0.2) is 9.59 Å². The summed E-state index contributed by atoms with van der Waals surface area (Å²) in [7, 11) is 0. The summed E-state index contributed by atoms with van der Waals surface area (Å²) in [5, 5.41) is 5.82. The number of rotatable bonds is 8. The zero-order chi connectivity index (χ0) is 20.2. The van der Waals surface area contributed by atoms with Crippen molar-refractivity contribution in [2.24, 2.45) is 0 Å². The molecule has 2 N–H and O–H groups in total. The van der Waals surface area contributed by atoms with Crippen LogP contribution in [0.15, 0.2) is 60.7 Å². The average Bonchev–Trinajstić information content (AvgIpc) is 2.74. The number of hydrogen-bond acceptors (Lipinski definition) is 6. The van der Waals surface area contributed by atoms with Gasteiger partial charge in [0.1, 0.15) is 23.2 Å². The van der Waals surface area contributed by atoms with E-state index in [9.17, 15) is 9.59 Å². The number of thiocarbonyl (C=S) groups is 2. The van der Waals surface area contributed by atoms with E-state index in [-0.39, 0.29) is 13.2 Å². The molecule has 6 nitrogen and oxygen atoms in total. The first kappa shape index (κ1) is 21.5. The Morgan fingerprint density at radius 3 is 1.39 bits per heavy atom. The predicted octanol–water partition coefficient (Wildman–Crippen LogP) is 2.53. The van der Waals surface area contributed by atoms with Gasteiger partial charge in [-0.15, -0.1) is 0 Å². The smallest absolute Gasteiger partial charge is 0.338 e. The van der Waals surface area contributed by atoms with Crippen LogP contribution in [-0.2, 0) is 9.47 Å². The van der Waals surface area contributed by atoms with E-state index in [1.54, 1.807) is 48.5 Å². The molecule has 0 bridgehead atoms. The summed E-state index contributed by atoms with van der Waals surface area (Å²) >= 11 is 10.3. The molecule has 0 aliphatic carbocycles. The average molecular weight is 417 g/mol. The molecule has 0 amide bonds. The van der Waals surface area contributed by atoms with Crippen LogP contribution in [0.4, 0.5) is 0 Å². The molecule has 0 aliphatic heterocycles. The molecular weight excluding hydrogens is 396 g/mol. The van der Waals surface area contributed by atoms with Crippen molar-refractivity contribution >= 4 is 46.4 Å². The monoisotopic (exact) mass is 416 g/mol. The molecule has 8 heteroatoms. The van der Waals surface area contributed by atoms with E-state index < -0.39 is 11.9 Å². The van der Waals surface area contributed by atoms with E-state index in [0.29, 0.717) is 34.2 Å². The first-order valence-electron chi connectivity index (χ1n) is 8.58. The van der Waals surface area contributed by atoms with Gasteiger partial charge in [-0.1, -0.05) is 60.8 Å². The van der Waals surface area contributed by atoms with Crippen LogP contribution in [0.3, 0.4) is 0 Å². The van der Waals surface area contributed by atoms with E-state index in [2.05, 4.69) is 10.6 Å². The fourth-order valence-electron chi connectivity index (χ4n) is 2.09. The van der Waals surface area contributed by atoms with Crippen molar-refractivity contribution in [1.82, 2.24) is 10.6 Å². The van der Waals surface area contributed by atoms with Crippen molar-refractivity contribution in [3.05, 3.63) is 71.8 Å². The molecule has 2 rings (SSSR count). The van der Waals surface area contributed by atoms with E-state index in [1.165, 1.54) is 0 Å². The Morgan fingerprint density at radius 1 is 0.679 bits per heavy atom. The fourth-order valence-corrected chi connectivity index (χ4v) is 2.44. The quantitative estimate of drug-likeness (QED) is 0.386. The molecular formula is C20H20N2O4S2. The highest BCUT2D eigenvalue weighted by atomic mass is 32.1. The topological polar surface area (TPSA) is 76.7 Å². The molecule has 0 unspecified atom stereocenters. The molecule has 0 aliphatic rings. The van der Waals surface area contributed by atoms with Crippen LogP contribution >= 0.6 is 24.4 Å². The number of benzene rings is 2. The summed E-state index contributed by atoms with van der Waals surface area (Å²) in [6, 6.07) is 17.5. The Kier molecular flexibility index (Phi) is 9.03. The van der Waals surface area contributed by atoms with Gasteiger partial charge in [-0.3, -0.25) is 0 Å². The molecule has 0 fully saturated rings. The van der Waals surface area contributed by atoms with Crippen LogP contribution in [0.5, 0.6) is 0 Å². The SMILES string of the molecule is O=C(OCCNC(=S)C(=S)NCCOC(=O)c1ccccc1)c1ccccc1. The third-order valence-electron chi connectivity index (χ3n) is 3.47. The second kappa shape index (κ2) is 11.8. The zero-order valence-electron chi connectivity index (χ0n) is 15.1. The maximum Gasteiger partial charge on any atom is 0.338 e. The van der Waals surface area contributed by atoms with Gasteiger partial charge in [0.25, 0.3) is 0 Å². The van der Waals surface area contributed by atoms with Crippen LogP contribution in [0.25, 0.3) is 0 Å². The molecule has 2 aromatic carbocycles. The third-order valence-corrected chi connectivity index (χ3v) is 4.29. The molecule has 0 aromatic heterocycles. The highest BCUT2D eigenvalue weighted by molar-refractivity contribution is 7.89. The number of ether oxygens (including phenoxy) is 2. The molecule has 0 saturated carbocycles. The van der Waals surface area contributed by atoms with Gasteiger partial charge in [0.2, 0.25) is 0 Å². The standard InChI is InChI=1S/C20H20N2O4S2/c23-19(15-7-3-1-4-8-15)25-13-11-21-17(27)18(28)22-12-14-26-20(24)16-9-5-2-6-10-16/h1-10H,11-14H2,(H,21,27)(H,22,28). The Labute approximate surface area is 174 Å². The second-order valence-corrected chi connectivity index (χ2v) is 6.33. The zero-order valence-corrected chi connectivity index (χ0v) is 16.7. The van der Waals surface area contributed by atoms with Gasteiger partial charge in [0, 0.05) is 13.1 Å². The summed E-state index contributed by atoms with van der Waals surface area (Å²) in [6.07, 6.45) is 0. The Bertz CT molecular complexity index is 744. The molecule has 0 radical (unpaired) electrons. The Morgan fingerprint density at radius 2 is 1.04 bits per heavy atom. The third kappa shape index (κ3) is 7.42. The van der Waals surface area contributed by atoms with Gasteiger partial charge in [-0.2, -0.15) is 0 Å². The molecule has 0 heterocycles. The molecule has 28 heavy (non-hydrogen) atoms. The van der Waals surface area contributed by atoms with Gasteiger partial charge >= 0.3 is 11.9 Å². The molecule has 146 valence electrons. The summed E-state index contributed by atoms with van der Waals surface area (Å²) < 4.78 is 10.3. The molecule has 0 spiro atoms. The predicted molar refractivity (Wildman–Crippen MR) is 115 cm³/mol. The lowest BCUT2D eigenvalue weighted by Gasteiger charge is -2.12. The van der Waals surface area contributed by atoms with Crippen molar-refractivity contribution in [3.8, 4) is 0 Å². The number of carbonyl (C=O) groups is 2. The van der Waals surface area contributed by atoms with Crippen LogP contribution in [0.1, 0.15) is 20.7 Å². The fraction of sp³-hybridized carbons (Fsp3) is 0.200. The first-order chi connectivity index (χ1) is 13.6. The normalized spacial score (nSPS) is 9.86. The minimum absolute atomic E-state index is 0.158. The van der Waals surface area contributed by atoms with E-state index in [4.69, 9.17) is 33.9 Å². The Balaban J connectivity index is 1.56. The van der Waals surface area contributed by atoms with Crippen molar-refractivity contribution in [3.63, 3.8) is 0 Å². The lowest BCUT2D eigenvalue weighted by Crippen LogP contribution is -2.40. The lowest BCUT2D eigenvalue weighted by atomic mass is 10.2. The number of carbonyl (C=O) groups excluding carboxylic acids is 2. The van der Waals surface area contributed by atoms with Gasteiger partial charge in [0.05, 0.1) is 11.1 Å². The maximum absolute atomic E-state index is 11.8. The van der Waals surface area contributed by atoms with Gasteiger partial charge in [0.15, 0.2) is 0 Å². The minimum atomic E-state index is -0.394. The Hall–Kier alpha value is -2.84. The van der Waals surface area contributed by atoms with Crippen molar-refractivity contribution in [2.75, 3.05) is 26.3 Å². The van der Waals surface area contributed by atoms with Crippen molar-refractivity contribution in [1.29, 1.82) is 0 Å². The van der Waals surface area contributed by atoms with Crippen molar-refractivity contribution < 1.29 is 19.1 Å². The number of esters is 2. The highest BCUT2D eigenvalue weighted by Gasteiger charge is 2.08. The largest absolute Gasteiger partial charge is 0.460 e. The second-order valence-electron chi connectivity index (χ2n) is 5.52. The van der Waals surface area contributed by atoms with E-state index in [1.807, 2.05) is 12.1 Å². The summed E-state index contributed by atoms with van der Waals surface area (Å²) in [4.78, 5) is 24.3. The lowest BCUT2D eigenvalue weighted by molar-refractivity contribution is 0.0503. The highest BCUT2D eigenvalue weighted by Crippen LogP contribution is 2.01. The van der Waals surface area contributed by atoms with Crippen LogP contribution in [0, 0.1) is 0 Å². The molecule has 2 aromatic rings. The molecule has 0 saturated heterocycles. The first-order valence-corrected chi connectivity index (χ1v) is 9.40. The summed E-state index contributed by atoms with van der Waals surface area (Å²) in [5.74, 6) is -0.788.